The van der Waals surface area contributed by atoms with Gasteiger partial charge in [0, 0.05) is 0 Å². The molecular formula is C4H10N2O2. The highest BCUT2D eigenvalue weighted by molar-refractivity contribution is 4.32. The van der Waals surface area contributed by atoms with E-state index >= 15 is 0 Å². The Morgan fingerprint density at radius 1 is 1.75 bits per heavy atom. The summed E-state index contributed by atoms with van der Waals surface area (Å²) in [4.78, 5) is 9.57. The van der Waals surface area contributed by atoms with Crippen LogP contribution < -0.4 is 5.43 Å². The quantitative estimate of drug-likeness (QED) is 0.333. The molecule has 0 aliphatic heterocycles. The number of hydrogen-bond acceptors (Lipinski definition) is 2. The molecule has 0 spiro atoms. The van der Waals surface area contributed by atoms with Crippen molar-refractivity contribution in [1.29, 1.82) is 0 Å². The molecule has 0 aromatic heterocycles. The van der Waals surface area contributed by atoms with Gasteiger partial charge in [0.15, 0.2) is 5.03 Å². The Balaban J connectivity index is 2.82. The largest absolute Gasteiger partial charge is 0.235 e. The Labute approximate surface area is 48.0 Å². The van der Waals surface area contributed by atoms with E-state index in [0.717, 1.165) is 12.8 Å². The van der Waals surface area contributed by atoms with Crippen molar-refractivity contribution in [3.05, 3.63) is 10.1 Å². The summed E-state index contributed by atoms with van der Waals surface area (Å²) in [7, 11) is 0. The summed E-state index contributed by atoms with van der Waals surface area (Å²) >= 11 is 0. The van der Waals surface area contributed by atoms with Gasteiger partial charge in [0.25, 0.3) is 0 Å². The lowest BCUT2D eigenvalue weighted by molar-refractivity contribution is -0.544. The molecule has 0 heterocycles. The number of nitrogens with zero attached hydrogens (tertiary/aromatic N) is 1. The molecule has 0 unspecified atom stereocenters. The average Bonchev–Trinajstić information content (AvgIpc) is 1.66. The van der Waals surface area contributed by atoms with E-state index in [-0.39, 0.29) is 0 Å². The summed E-state index contributed by atoms with van der Waals surface area (Å²) in [6.07, 6.45) is 1.85. The van der Waals surface area contributed by atoms with Gasteiger partial charge in [-0.1, -0.05) is 13.3 Å². The Hall–Kier alpha value is -0.800. The monoisotopic (exact) mass is 118 g/mol. The SMILES string of the molecule is CCCCN[N+](=O)[O-]. The summed E-state index contributed by atoms with van der Waals surface area (Å²) in [5, 5.41) is 9.05. The van der Waals surface area contributed by atoms with Crippen LogP contribution in [0, 0.1) is 10.1 Å². The van der Waals surface area contributed by atoms with Crippen LogP contribution in [0.3, 0.4) is 0 Å². The van der Waals surface area contributed by atoms with E-state index in [1.165, 1.54) is 0 Å². The Bertz CT molecular complexity index is 74.4. The fraction of sp³-hybridized carbons (Fsp3) is 1.00. The van der Waals surface area contributed by atoms with Gasteiger partial charge in [-0.15, -0.1) is 5.43 Å². The normalized spacial score (nSPS) is 8.62. The zero-order chi connectivity index (χ0) is 6.41. The molecule has 0 fully saturated rings. The Morgan fingerprint density at radius 3 is 2.75 bits per heavy atom. The number of nitro groups is 1. The zero-order valence-electron chi connectivity index (χ0n) is 4.89. The molecular weight excluding hydrogens is 108 g/mol. The third-order valence-electron chi connectivity index (χ3n) is 0.771. The summed E-state index contributed by atoms with van der Waals surface area (Å²) in [5.74, 6) is 0. The van der Waals surface area contributed by atoms with Crippen molar-refractivity contribution in [2.45, 2.75) is 19.8 Å². The Kier molecular flexibility index (Phi) is 3.93. The summed E-state index contributed by atoms with van der Waals surface area (Å²) < 4.78 is 0. The van der Waals surface area contributed by atoms with Gasteiger partial charge >= 0.3 is 0 Å². The molecule has 0 aromatic rings. The van der Waals surface area contributed by atoms with E-state index in [9.17, 15) is 10.1 Å². The molecule has 0 aromatic carbocycles. The van der Waals surface area contributed by atoms with Crippen molar-refractivity contribution >= 4 is 0 Å². The number of hydrazine groups is 1. The van der Waals surface area contributed by atoms with Gasteiger partial charge in [0.05, 0.1) is 6.54 Å². The predicted molar refractivity (Wildman–Crippen MR) is 29.9 cm³/mol. The molecule has 4 heteroatoms. The first-order chi connectivity index (χ1) is 3.77. The maximum atomic E-state index is 9.57. The molecule has 0 rings (SSSR count). The number of unbranched alkanes of at least 4 members (excludes halogenated alkanes) is 1. The standard InChI is InChI=1S/C4H10N2O2/c1-2-3-4-5-6(7)8/h5H,2-4H2,1H3. The van der Waals surface area contributed by atoms with Gasteiger partial charge in [-0.3, -0.25) is 0 Å². The van der Waals surface area contributed by atoms with Crippen molar-refractivity contribution in [2.24, 2.45) is 0 Å². The lowest BCUT2D eigenvalue weighted by Gasteiger charge is -1.91. The maximum Gasteiger partial charge on any atom is 0.157 e. The Morgan fingerprint density at radius 2 is 2.38 bits per heavy atom. The van der Waals surface area contributed by atoms with Gasteiger partial charge in [-0.2, -0.15) is 0 Å². The molecule has 0 amide bonds. The molecule has 0 saturated heterocycles. The molecule has 48 valence electrons. The van der Waals surface area contributed by atoms with E-state index in [1.54, 1.807) is 0 Å². The third-order valence-corrected chi connectivity index (χ3v) is 0.771. The van der Waals surface area contributed by atoms with Crippen LogP contribution in [0.25, 0.3) is 0 Å². The molecule has 1 N–H and O–H groups in total. The minimum Gasteiger partial charge on any atom is -0.235 e. The van der Waals surface area contributed by atoms with Crippen molar-refractivity contribution in [1.82, 2.24) is 5.43 Å². The van der Waals surface area contributed by atoms with E-state index in [4.69, 9.17) is 0 Å². The smallest absolute Gasteiger partial charge is 0.157 e. The number of rotatable bonds is 4. The first-order valence-corrected chi connectivity index (χ1v) is 2.65. The van der Waals surface area contributed by atoms with Crippen molar-refractivity contribution in [2.75, 3.05) is 6.54 Å². The summed E-state index contributed by atoms with van der Waals surface area (Å²) in [6.45, 7) is 2.46. The molecule has 0 atom stereocenters. The van der Waals surface area contributed by atoms with E-state index in [0.29, 0.717) is 6.54 Å². The molecule has 0 aliphatic rings. The van der Waals surface area contributed by atoms with Crippen LogP contribution in [0.5, 0.6) is 0 Å². The maximum absolute atomic E-state index is 9.57. The van der Waals surface area contributed by atoms with Gasteiger partial charge in [-0.25, -0.2) is 10.1 Å². The van der Waals surface area contributed by atoms with Crippen LogP contribution in [0.2, 0.25) is 0 Å². The van der Waals surface area contributed by atoms with Gasteiger partial charge < -0.3 is 0 Å². The second kappa shape index (κ2) is 4.36. The highest BCUT2D eigenvalue weighted by Gasteiger charge is 1.88. The summed E-state index contributed by atoms with van der Waals surface area (Å²) in [5.41, 5.74) is 2.07. The molecule has 0 aliphatic carbocycles. The van der Waals surface area contributed by atoms with Crippen LogP contribution in [0.1, 0.15) is 19.8 Å². The average molecular weight is 118 g/mol. The van der Waals surface area contributed by atoms with Crippen molar-refractivity contribution in [3.63, 3.8) is 0 Å². The van der Waals surface area contributed by atoms with Crippen molar-refractivity contribution < 1.29 is 5.03 Å². The molecule has 0 radical (unpaired) electrons. The van der Waals surface area contributed by atoms with Gasteiger partial charge in [0.2, 0.25) is 0 Å². The van der Waals surface area contributed by atoms with Crippen molar-refractivity contribution in [3.8, 4) is 0 Å². The first-order valence-electron chi connectivity index (χ1n) is 2.65. The van der Waals surface area contributed by atoms with E-state index in [1.807, 2.05) is 6.92 Å². The lowest BCUT2D eigenvalue weighted by atomic mass is 10.3. The fourth-order valence-electron chi connectivity index (χ4n) is 0.347. The number of nitrogens with one attached hydrogen (secondary N) is 1. The lowest BCUT2D eigenvalue weighted by Crippen LogP contribution is -2.22. The molecule has 4 nitrogen and oxygen atoms in total. The molecule has 0 saturated carbocycles. The van der Waals surface area contributed by atoms with E-state index < -0.39 is 5.03 Å². The van der Waals surface area contributed by atoms with Crippen LogP contribution >= 0.6 is 0 Å². The molecule has 0 bridgehead atoms. The minimum absolute atomic E-state index is 0.476. The fourth-order valence-corrected chi connectivity index (χ4v) is 0.347. The minimum atomic E-state index is -0.518. The molecule has 8 heavy (non-hydrogen) atoms. The second-order valence-corrected chi connectivity index (χ2v) is 1.52. The topological polar surface area (TPSA) is 55.2 Å². The van der Waals surface area contributed by atoms with Gasteiger partial charge in [-0.05, 0) is 6.42 Å². The summed E-state index contributed by atoms with van der Waals surface area (Å²) in [6, 6.07) is 0. The highest BCUT2D eigenvalue weighted by Crippen LogP contribution is 1.80. The first kappa shape index (κ1) is 7.20. The van der Waals surface area contributed by atoms with E-state index in [2.05, 4.69) is 5.43 Å². The van der Waals surface area contributed by atoms with Crippen LogP contribution in [-0.4, -0.2) is 11.6 Å². The zero-order valence-corrected chi connectivity index (χ0v) is 4.89. The highest BCUT2D eigenvalue weighted by atomic mass is 16.7. The van der Waals surface area contributed by atoms with Gasteiger partial charge in [0.1, 0.15) is 0 Å². The predicted octanol–water partition coefficient (Wildman–Crippen LogP) is 0.568. The van der Waals surface area contributed by atoms with Crippen LogP contribution in [0.15, 0.2) is 0 Å². The third kappa shape index (κ3) is 5.20. The van der Waals surface area contributed by atoms with Crippen LogP contribution in [-0.2, 0) is 0 Å². The van der Waals surface area contributed by atoms with Crippen LogP contribution in [0.4, 0.5) is 0 Å². The number of hydrogen-bond donors (Lipinski definition) is 1. The second-order valence-electron chi connectivity index (χ2n) is 1.52.